The summed E-state index contributed by atoms with van der Waals surface area (Å²) in [7, 11) is 0. The molecule has 1 fully saturated rings. The summed E-state index contributed by atoms with van der Waals surface area (Å²) < 4.78 is 2.39. The lowest BCUT2D eigenvalue weighted by atomic mass is 9.95. The maximum Gasteiger partial charge on any atom is 0.266 e. The average molecular weight is 400 g/mol. The van der Waals surface area contributed by atoms with Crippen LogP contribution in [0.1, 0.15) is 38.1 Å². The first-order valence-electron chi connectivity index (χ1n) is 8.48. The summed E-state index contributed by atoms with van der Waals surface area (Å²) in [6.07, 6.45) is 9.01. The first-order chi connectivity index (χ1) is 12.2. The highest BCUT2D eigenvalue weighted by Crippen LogP contribution is 2.30. The predicted octanol–water partition coefficient (Wildman–Crippen LogP) is 4.20. The van der Waals surface area contributed by atoms with Crippen LogP contribution in [0.3, 0.4) is 0 Å². The monoisotopic (exact) mass is 399 g/mol. The summed E-state index contributed by atoms with van der Waals surface area (Å²) in [5, 5.41) is 3.95. The summed E-state index contributed by atoms with van der Waals surface area (Å²) in [5.41, 5.74) is 0.649. The van der Waals surface area contributed by atoms with Gasteiger partial charge in [-0.2, -0.15) is 4.98 Å². The molecule has 0 bridgehead atoms. The van der Waals surface area contributed by atoms with Gasteiger partial charge in [-0.3, -0.25) is 9.36 Å². The fourth-order valence-corrected chi connectivity index (χ4v) is 3.81. The van der Waals surface area contributed by atoms with Crippen LogP contribution in [-0.2, 0) is 0 Å². The molecule has 6 nitrogen and oxygen atoms in total. The summed E-state index contributed by atoms with van der Waals surface area (Å²) in [6, 6.07) is 7.58. The van der Waals surface area contributed by atoms with Gasteiger partial charge in [0.05, 0.1) is 4.47 Å². The van der Waals surface area contributed by atoms with E-state index in [2.05, 4.69) is 36.2 Å². The van der Waals surface area contributed by atoms with Gasteiger partial charge in [0.1, 0.15) is 11.5 Å². The number of anilines is 2. The van der Waals surface area contributed by atoms with Crippen molar-refractivity contribution in [3.05, 3.63) is 51.5 Å². The molecular formula is C18H18BrN5O. The van der Waals surface area contributed by atoms with Gasteiger partial charge in [-0.05, 0) is 47.0 Å². The highest BCUT2D eigenvalue weighted by Gasteiger charge is 2.21. The molecule has 4 rings (SSSR count). The fourth-order valence-electron chi connectivity index (χ4n) is 3.38. The fraction of sp³-hybridized carbons (Fsp3) is 0.333. The smallest absolute Gasteiger partial charge is 0.266 e. The van der Waals surface area contributed by atoms with Gasteiger partial charge in [0.25, 0.3) is 5.56 Å². The van der Waals surface area contributed by atoms with Gasteiger partial charge >= 0.3 is 0 Å². The van der Waals surface area contributed by atoms with Crippen molar-refractivity contribution in [1.29, 1.82) is 0 Å². The Balaban J connectivity index is 1.82. The molecule has 0 radical (unpaired) electrons. The van der Waals surface area contributed by atoms with Crippen molar-refractivity contribution >= 4 is 38.7 Å². The maximum absolute atomic E-state index is 12.8. The molecule has 1 aliphatic carbocycles. The second-order valence-electron chi connectivity index (χ2n) is 6.27. The van der Waals surface area contributed by atoms with Crippen molar-refractivity contribution in [3.8, 4) is 0 Å². The van der Waals surface area contributed by atoms with Crippen molar-refractivity contribution in [2.75, 3.05) is 5.32 Å². The van der Waals surface area contributed by atoms with E-state index in [0.717, 1.165) is 31.1 Å². The van der Waals surface area contributed by atoms with Gasteiger partial charge in [0.15, 0.2) is 0 Å². The number of nitrogens with zero attached hydrogens (tertiary/aromatic N) is 4. The Bertz CT molecular complexity index is 951. The molecule has 7 heteroatoms. The molecule has 3 aromatic rings. The summed E-state index contributed by atoms with van der Waals surface area (Å²) in [6.45, 7) is 0. The average Bonchev–Trinajstić information content (AvgIpc) is 2.65. The third kappa shape index (κ3) is 3.28. The quantitative estimate of drug-likeness (QED) is 0.714. The highest BCUT2D eigenvalue weighted by atomic mass is 79.9. The van der Waals surface area contributed by atoms with E-state index < -0.39 is 0 Å². The molecule has 1 N–H and O–H groups in total. The summed E-state index contributed by atoms with van der Waals surface area (Å²) in [5.74, 6) is 1.11. The number of nitrogens with one attached hydrogen (secondary N) is 1. The van der Waals surface area contributed by atoms with Crippen LogP contribution in [0.25, 0.3) is 11.0 Å². The molecule has 0 atom stereocenters. The van der Waals surface area contributed by atoms with Crippen LogP contribution in [0.4, 0.5) is 11.8 Å². The van der Waals surface area contributed by atoms with Gasteiger partial charge in [0.2, 0.25) is 5.95 Å². The van der Waals surface area contributed by atoms with Crippen LogP contribution in [0.5, 0.6) is 0 Å². The molecule has 25 heavy (non-hydrogen) atoms. The number of hydrogen-bond acceptors (Lipinski definition) is 5. The summed E-state index contributed by atoms with van der Waals surface area (Å²) >= 11 is 3.39. The minimum absolute atomic E-state index is 0.0260. The van der Waals surface area contributed by atoms with Gasteiger partial charge in [-0.25, -0.2) is 9.97 Å². The van der Waals surface area contributed by atoms with E-state index in [1.54, 1.807) is 18.5 Å². The standard InChI is InChI=1S/C18H18BrN5O/c19-14-10-12-11-21-18(22-15-8-4-5-9-20-15)23-16(12)24(17(14)25)13-6-2-1-3-7-13/h4-5,8-11,13H,1-3,6-7H2,(H,20,21,22,23). The molecule has 0 aromatic carbocycles. The minimum Gasteiger partial charge on any atom is -0.309 e. The largest absolute Gasteiger partial charge is 0.309 e. The molecule has 3 aromatic heterocycles. The topological polar surface area (TPSA) is 72.7 Å². The Hall–Kier alpha value is -2.28. The Morgan fingerprint density at radius 3 is 2.76 bits per heavy atom. The van der Waals surface area contributed by atoms with E-state index in [1.165, 1.54) is 6.42 Å². The van der Waals surface area contributed by atoms with Gasteiger partial charge < -0.3 is 5.32 Å². The lowest BCUT2D eigenvalue weighted by molar-refractivity contribution is 0.352. The number of hydrogen-bond donors (Lipinski definition) is 1. The molecular weight excluding hydrogens is 382 g/mol. The van der Waals surface area contributed by atoms with Gasteiger partial charge in [-0.1, -0.05) is 25.3 Å². The van der Waals surface area contributed by atoms with Crippen LogP contribution in [-0.4, -0.2) is 19.5 Å². The van der Waals surface area contributed by atoms with E-state index in [9.17, 15) is 4.79 Å². The normalized spacial score (nSPS) is 15.4. The van der Waals surface area contributed by atoms with Crippen LogP contribution in [0.2, 0.25) is 0 Å². The molecule has 128 valence electrons. The van der Waals surface area contributed by atoms with E-state index >= 15 is 0 Å². The zero-order valence-electron chi connectivity index (χ0n) is 13.7. The van der Waals surface area contributed by atoms with Crippen LogP contribution < -0.4 is 10.9 Å². The van der Waals surface area contributed by atoms with Gasteiger partial charge in [0, 0.05) is 23.8 Å². The predicted molar refractivity (Wildman–Crippen MR) is 101 cm³/mol. The van der Waals surface area contributed by atoms with E-state index in [-0.39, 0.29) is 11.6 Å². The van der Waals surface area contributed by atoms with E-state index in [4.69, 9.17) is 0 Å². The SMILES string of the molecule is O=c1c(Br)cc2cnc(Nc3ccccn3)nc2n1C1CCCCC1. The Labute approximate surface area is 153 Å². The van der Waals surface area contributed by atoms with Crippen LogP contribution >= 0.6 is 15.9 Å². The first kappa shape index (κ1) is 16.2. The lowest BCUT2D eigenvalue weighted by Gasteiger charge is -2.25. The molecule has 0 amide bonds. The number of aromatic nitrogens is 4. The molecule has 0 unspecified atom stereocenters. The van der Waals surface area contributed by atoms with Crippen molar-refractivity contribution in [1.82, 2.24) is 19.5 Å². The Morgan fingerprint density at radius 1 is 1.16 bits per heavy atom. The minimum atomic E-state index is -0.0260. The van der Waals surface area contributed by atoms with Crippen LogP contribution in [0.15, 0.2) is 45.9 Å². The second kappa shape index (κ2) is 6.92. The molecule has 1 aliphatic rings. The first-order valence-corrected chi connectivity index (χ1v) is 9.27. The molecule has 3 heterocycles. The highest BCUT2D eigenvalue weighted by molar-refractivity contribution is 9.10. The number of pyridine rings is 2. The Kier molecular flexibility index (Phi) is 4.48. The number of halogens is 1. The van der Waals surface area contributed by atoms with Crippen molar-refractivity contribution in [2.24, 2.45) is 0 Å². The second-order valence-corrected chi connectivity index (χ2v) is 7.13. The third-order valence-corrected chi connectivity index (χ3v) is 5.14. The zero-order valence-corrected chi connectivity index (χ0v) is 15.2. The molecule has 1 saturated carbocycles. The molecule has 0 aliphatic heterocycles. The zero-order chi connectivity index (χ0) is 17.2. The van der Waals surface area contributed by atoms with Crippen molar-refractivity contribution < 1.29 is 0 Å². The lowest BCUT2D eigenvalue weighted by Crippen LogP contribution is -2.28. The number of rotatable bonds is 3. The van der Waals surface area contributed by atoms with Gasteiger partial charge in [-0.15, -0.1) is 0 Å². The van der Waals surface area contributed by atoms with E-state index in [0.29, 0.717) is 21.9 Å². The summed E-state index contributed by atoms with van der Waals surface area (Å²) in [4.78, 5) is 26.0. The third-order valence-electron chi connectivity index (χ3n) is 4.57. The van der Waals surface area contributed by atoms with E-state index in [1.807, 2.05) is 22.8 Å². The molecule has 0 spiro atoms. The van der Waals surface area contributed by atoms with Crippen molar-refractivity contribution in [3.63, 3.8) is 0 Å². The maximum atomic E-state index is 12.8. The van der Waals surface area contributed by atoms with Crippen molar-refractivity contribution in [2.45, 2.75) is 38.1 Å². The number of fused-ring (bicyclic) bond motifs is 1. The van der Waals surface area contributed by atoms with Crippen LogP contribution in [0, 0.1) is 0 Å². The Morgan fingerprint density at radius 2 is 2.00 bits per heavy atom. The molecule has 0 saturated heterocycles.